The second-order valence-electron chi connectivity index (χ2n) is 6.52. The molecule has 1 aliphatic rings. The first kappa shape index (κ1) is 16.0. The van der Waals surface area contributed by atoms with Gasteiger partial charge >= 0.3 is 0 Å². The van der Waals surface area contributed by atoms with E-state index in [1.807, 2.05) is 14.0 Å². The van der Waals surface area contributed by atoms with Gasteiger partial charge in [0.25, 0.3) is 0 Å². The molecule has 23 heavy (non-hydrogen) atoms. The van der Waals surface area contributed by atoms with Crippen molar-refractivity contribution in [3.63, 3.8) is 0 Å². The van der Waals surface area contributed by atoms with E-state index < -0.39 is 0 Å². The van der Waals surface area contributed by atoms with Crippen molar-refractivity contribution in [2.75, 3.05) is 33.2 Å². The van der Waals surface area contributed by atoms with Crippen LogP contribution in [0.3, 0.4) is 0 Å². The number of likely N-dealkylation sites (N-methyl/N-ethyl adjacent to an activating group) is 1. The van der Waals surface area contributed by atoms with E-state index in [1.54, 1.807) is 12.1 Å². The van der Waals surface area contributed by atoms with E-state index in [9.17, 15) is 9.18 Å². The number of nitrogens with zero attached hydrogens (tertiary/aromatic N) is 2. The van der Waals surface area contributed by atoms with E-state index >= 15 is 0 Å². The zero-order chi connectivity index (χ0) is 16.6. The number of aryl methyl sites for hydroxylation is 1. The van der Waals surface area contributed by atoms with Crippen molar-refractivity contribution < 1.29 is 9.18 Å². The minimum absolute atomic E-state index is 0.162. The average molecular weight is 318 g/mol. The number of aromatic amines is 1. The summed E-state index contributed by atoms with van der Waals surface area (Å²) in [5.41, 5.74) is 8.59. The van der Waals surface area contributed by atoms with Crippen molar-refractivity contribution in [3.8, 4) is 0 Å². The summed E-state index contributed by atoms with van der Waals surface area (Å²) in [5.74, 6) is -0.639. The summed E-state index contributed by atoms with van der Waals surface area (Å²) < 4.78 is 13.4. The Morgan fingerprint density at radius 2 is 2.17 bits per heavy atom. The van der Waals surface area contributed by atoms with Crippen LogP contribution in [0, 0.1) is 18.7 Å². The van der Waals surface area contributed by atoms with Crippen LogP contribution in [-0.2, 0) is 11.3 Å². The third-order valence-corrected chi connectivity index (χ3v) is 4.72. The normalized spacial score (nSPS) is 20.7. The highest BCUT2D eigenvalue weighted by molar-refractivity contribution is 5.84. The van der Waals surface area contributed by atoms with Crippen LogP contribution in [0.1, 0.15) is 11.3 Å². The van der Waals surface area contributed by atoms with Gasteiger partial charge in [-0.1, -0.05) is 0 Å². The first-order valence-electron chi connectivity index (χ1n) is 7.91. The Labute approximate surface area is 135 Å². The molecule has 0 bridgehead atoms. The quantitative estimate of drug-likeness (QED) is 0.900. The smallest absolute Gasteiger partial charge is 0.223 e. The van der Waals surface area contributed by atoms with Crippen molar-refractivity contribution in [1.82, 2.24) is 14.8 Å². The van der Waals surface area contributed by atoms with Gasteiger partial charge in [0, 0.05) is 49.3 Å². The number of benzene rings is 1. The zero-order valence-corrected chi connectivity index (χ0v) is 13.6. The molecule has 3 rings (SSSR count). The molecule has 2 aromatic rings. The van der Waals surface area contributed by atoms with E-state index in [1.165, 1.54) is 6.07 Å². The summed E-state index contributed by atoms with van der Waals surface area (Å²) in [4.78, 5) is 19.4. The van der Waals surface area contributed by atoms with Crippen LogP contribution in [-0.4, -0.2) is 53.9 Å². The molecule has 0 spiro atoms. The first-order valence-corrected chi connectivity index (χ1v) is 7.91. The molecule has 2 heterocycles. The van der Waals surface area contributed by atoms with E-state index in [4.69, 9.17) is 5.73 Å². The molecule has 6 heteroatoms. The number of carbonyl (C=O) groups excluding carboxylic acids is 1. The first-order chi connectivity index (χ1) is 10.9. The van der Waals surface area contributed by atoms with E-state index in [-0.39, 0.29) is 17.6 Å². The lowest BCUT2D eigenvalue weighted by Gasteiger charge is -2.22. The van der Waals surface area contributed by atoms with Gasteiger partial charge in [-0.05, 0) is 37.7 Å². The monoisotopic (exact) mass is 318 g/mol. The van der Waals surface area contributed by atoms with Crippen LogP contribution >= 0.6 is 0 Å². The topological polar surface area (TPSA) is 65.4 Å². The molecule has 5 nitrogen and oxygen atoms in total. The van der Waals surface area contributed by atoms with Gasteiger partial charge in [0.2, 0.25) is 5.91 Å². The number of nitrogens with two attached hydrogens (primary N) is 1. The van der Waals surface area contributed by atoms with Crippen LogP contribution in [0.2, 0.25) is 0 Å². The van der Waals surface area contributed by atoms with Crippen LogP contribution < -0.4 is 5.73 Å². The molecule has 1 saturated heterocycles. The van der Waals surface area contributed by atoms with E-state index in [0.717, 1.165) is 35.2 Å². The summed E-state index contributed by atoms with van der Waals surface area (Å²) in [5, 5.41) is 0.915. The molecule has 1 unspecified atom stereocenters. The van der Waals surface area contributed by atoms with Crippen molar-refractivity contribution in [2.45, 2.75) is 13.5 Å². The molecule has 0 radical (unpaired) electrons. The predicted molar refractivity (Wildman–Crippen MR) is 88.5 cm³/mol. The van der Waals surface area contributed by atoms with Crippen molar-refractivity contribution in [1.29, 1.82) is 0 Å². The average Bonchev–Trinajstić information content (AvgIpc) is 2.68. The number of aromatic nitrogens is 1. The van der Waals surface area contributed by atoms with Crippen molar-refractivity contribution in [2.24, 2.45) is 11.7 Å². The molecule has 1 aliphatic heterocycles. The summed E-state index contributed by atoms with van der Waals surface area (Å²) in [6.07, 6.45) is 0. The van der Waals surface area contributed by atoms with Crippen LogP contribution in [0.25, 0.3) is 10.9 Å². The number of halogens is 1. The number of rotatable bonds is 3. The minimum atomic E-state index is -0.251. The summed E-state index contributed by atoms with van der Waals surface area (Å²) in [6, 6.07) is 4.79. The van der Waals surface area contributed by atoms with Gasteiger partial charge in [-0.25, -0.2) is 4.39 Å². The molecular weight excluding hydrogens is 295 g/mol. The highest BCUT2D eigenvalue weighted by atomic mass is 19.1. The Bertz CT molecular complexity index is 727. The van der Waals surface area contributed by atoms with Gasteiger partial charge < -0.3 is 15.6 Å². The number of carbonyl (C=O) groups is 1. The molecule has 0 aliphatic carbocycles. The number of primary amides is 1. The lowest BCUT2D eigenvalue weighted by atomic mass is 10.1. The lowest BCUT2D eigenvalue weighted by Crippen LogP contribution is -2.37. The second kappa shape index (κ2) is 6.29. The van der Waals surface area contributed by atoms with Gasteiger partial charge in [-0.15, -0.1) is 0 Å². The van der Waals surface area contributed by atoms with Crippen LogP contribution in [0.4, 0.5) is 4.39 Å². The highest BCUT2D eigenvalue weighted by Gasteiger charge is 2.25. The summed E-state index contributed by atoms with van der Waals surface area (Å²) >= 11 is 0. The second-order valence-corrected chi connectivity index (χ2v) is 6.52. The largest absolute Gasteiger partial charge is 0.369 e. The molecule has 1 aromatic carbocycles. The van der Waals surface area contributed by atoms with Gasteiger partial charge in [0.1, 0.15) is 5.82 Å². The molecule has 0 saturated carbocycles. The van der Waals surface area contributed by atoms with Crippen LogP contribution in [0.5, 0.6) is 0 Å². The summed E-state index contributed by atoms with van der Waals surface area (Å²) in [6.45, 7) is 5.84. The van der Waals surface area contributed by atoms with Gasteiger partial charge in [0.15, 0.2) is 0 Å². The maximum absolute atomic E-state index is 13.4. The molecular formula is C17H23FN4O. The number of H-pyrrole nitrogens is 1. The predicted octanol–water partition coefficient (Wildman–Crippen LogP) is 1.46. The number of amides is 1. The summed E-state index contributed by atoms with van der Waals surface area (Å²) in [7, 11) is 2.01. The van der Waals surface area contributed by atoms with Crippen molar-refractivity contribution >= 4 is 16.8 Å². The fraction of sp³-hybridized carbons (Fsp3) is 0.471. The van der Waals surface area contributed by atoms with E-state index in [0.29, 0.717) is 19.6 Å². The van der Waals surface area contributed by atoms with Gasteiger partial charge in [-0.3, -0.25) is 9.69 Å². The van der Waals surface area contributed by atoms with Gasteiger partial charge in [-0.2, -0.15) is 0 Å². The third kappa shape index (κ3) is 3.38. The Balaban J connectivity index is 1.83. The Hall–Kier alpha value is -1.92. The maximum atomic E-state index is 13.4. The Morgan fingerprint density at radius 3 is 2.91 bits per heavy atom. The zero-order valence-electron chi connectivity index (χ0n) is 13.6. The number of fused-ring (bicyclic) bond motifs is 1. The van der Waals surface area contributed by atoms with E-state index in [2.05, 4.69) is 14.8 Å². The molecule has 1 amide bonds. The third-order valence-electron chi connectivity index (χ3n) is 4.72. The molecule has 1 atom stereocenters. The molecule has 1 aromatic heterocycles. The number of hydrogen-bond donors (Lipinski definition) is 2. The minimum Gasteiger partial charge on any atom is -0.369 e. The number of nitrogens with one attached hydrogen (secondary N) is 1. The fourth-order valence-electron chi connectivity index (χ4n) is 3.30. The fourth-order valence-corrected chi connectivity index (χ4v) is 3.30. The number of hydrogen-bond acceptors (Lipinski definition) is 3. The lowest BCUT2D eigenvalue weighted by molar-refractivity contribution is -0.122. The van der Waals surface area contributed by atoms with Gasteiger partial charge in [0.05, 0.1) is 5.92 Å². The Morgan fingerprint density at radius 1 is 1.39 bits per heavy atom. The van der Waals surface area contributed by atoms with Crippen LogP contribution in [0.15, 0.2) is 18.2 Å². The highest BCUT2D eigenvalue weighted by Crippen LogP contribution is 2.24. The van der Waals surface area contributed by atoms with Crippen molar-refractivity contribution in [3.05, 3.63) is 35.3 Å². The molecule has 3 N–H and O–H groups in total. The molecule has 124 valence electrons. The standard InChI is InChI=1S/C17H23FN4O/c1-11-14-7-13(18)3-4-15(14)20-16(11)10-22-6-5-21(2)8-12(9-22)17(19)23/h3-4,7,12,20H,5-6,8-10H2,1-2H3,(H2,19,23). The maximum Gasteiger partial charge on any atom is 0.223 e. The Kier molecular flexibility index (Phi) is 4.37. The molecule has 1 fully saturated rings. The SMILES string of the molecule is Cc1c(CN2CCN(C)CC(C(N)=O)C2)[nH]c2ccc(F)cc12.